The van der Waals surface area contributed by atoms with Crippen LogP contribution in [0.25, 0.3) is 5.76 Å². The van der Waals surface area contributed by atoms with E-state index in [0.717, 1.165) is 22.3 Å². The molecule has 5 nitrogen and oxygen atoms in total. The van der Waals surface area contributed by atoms with Crippen molar-refractivity contribution < 1.29 is 14.7 Å². The fourth-order valence-electron chi connectivity index (χ4n) is 4.26. The number of aliphatic hydroxyl groups excluding tert-OH is 1. The number of rotatable bonds is 5. The van der Waals surface area contributed by atoms with Crippen LogP contribution in [-0.2, 0) is 16.1 Å². The minimum atomic E-state index is -0.701. The molecule has 1 aromatic heterocycles. The SMILES string of the molecule is Cc1ccc(C)c(/C(O)=C2\C(=O)C(=O)N(Cc3ccccn3)C2c2ccc(C(C)C)cc2)c1. The Kier molecular flexibility index (Phi) is 6.14. The number of Topliss-reactive ketones (excluding diaryl/α,β-unsaturated/α-hetero) is 1. The first-order chi connectivity index (χ1) is 15.8. The number of pyridine rings is 1. The average molecular weight is 441 g/mol. The van der Waals surface area contributed by atoms with Crippen LogP contribution in [0.5, 0.6) is 0 Å². The van der Waals surface area contributed by atoms with Crippen LogP contribution in [-0.4, -0.2) is 26.7 Å². The summed E-state index contributed by atoms with van der Waals surface area (Å²) in [5.74, 6) is -1.10. The van der Waals surface area contributed by atoms with E-state index in [1.54, 1.807) is 12.3 Å². The highest BCUT2D eigenvalue weighted by molar-refractivity contribution is 6.46. The summed E-state index contributed by atoms with van der Waals surface area (Å²) in [6.45, 7) is 8.21. The Labute approximate surface area is 194 Å². The Morgan fingerprint density at radius 2 is 1.76 bits per heavy atom. The third kappa shape index (κ3) is 4.31. The highest BCUT2D eigenvalue weighted by Crippen LogP contribution is 2.41. The highest BCUT2D eigenvalue weighted by atomic mass is 16.3. The second-order valence-electron chi connectivity index (χ2n) is 8.89. The quantitative estimate of drug-likeness (QED) is 0.326. The average Bonchev–Trinajstić information content (AvgIpc) is 3.06. The molecule has 4 rings (SSSR count). The fraction of sp³-hybridized carbons (Fsp3) is 0.250. The van der Waals surface area contributed by atoms with E-state index in [9.17, 15) is 14.7 Å². The van der Waals surface area contributed by atoms with Crippen molar-refractivity contribution >= 4 is 17.4 Å². The summed E-state index contributed by atoms with van der Waals surface area (Å²) in [5, 5.41) is 11.3. The number of nitrogens with zero attached hydrogens (tertiary/aromatic N) is 2. The van der Waals surface area contributed by atoms with Crippen LogP contribution in [0.2, 0.25) is 0 Å². The Hall–Kier alpha value is -3.73. The summed E-state index contributed by atoms with van der Waals surface area (Å²) in [4.78, 5) is 32.3. The van der Waals surface area contributed by atoms with Crippen molar-refractivity contribution in [2.45, 2.75) is 46.2 Å². The van der Waals surface area contributed by atoms with Crippen molar-refractivity contribution in [1.82, 2.24) is 9.88 Å². The molecule has 1 saturated heterocycles. The van der Waals surface area contributed by atoms with Gasteiger partial charge in [-0.2, -0.15) is 0 Å². The van der Waals surface area contributed by atoms with Crippen molar-refractivity contribution in [2.75, 3.05) is 0 Å². The van der Waals surface area contributed by atoms with Crippen LogP contribution in [0.3, 0.4) is 0 Å². The van der Waals surface area contributed by atoms with Crippen molar-refractivity contribution in [1.29, 1.82) is 0 Å². The zero-order valence-electron chi connectivity index (χ0n) is 19.4. The molecule has 1 unspecified atom stereocenters. The molecule has 3 aromatic rings. The molecule has 2 aromatic carbocycles. The molecule has 1 aliphatic heterocycles. The smallest absolute Gasteiger partial charge is 0.296 e. The van der Waals surface area contributed by atoms with Gasteiger partial charge in [0.15, 0.2) is 0 Å². The van der Waals surface area contributed by atoms with E-state index in [-0.39, 0.29) is 17.9 Å². The largest absolute Gasteiger partial charge is 0.507 e. The number of hydrogen-bond acceptors (Lipinski definition) is 4. The predicted molar refractivity (Wildman–Crippen MR) is 129 cm³/mol. The van der Waals surface area contributed by atoms with Crippen LogP contribution < -0.4 is 0 Å². The number of ketones is 1. The minimum Gasteiger partial charge on any atom is -0.507 e. The number of aliphatic hydroxyl groups is 1. The van der Waals surface area contributed by atoms with Crippen LogP contribution in [0.4, 0.5) is 0 Å². The van der Waals surface area contributed by atoms with Crippen LogP contribution in [0, 0.1) is 13.8 Å². The molecular formula is C28H28N2O3. The van der Waals surface area contributed by atoms with E-state index in [0.29, 0.717) is 17.2 Å². The third-order valence-corrected chi connectivity index (χ3v) is 6.17. The van der Waals surface area contributed by atoms with E-state index >= 15 is 0 Å². The van der Waals surface area contributed by atoms with Gasteiger partial charge in [0.25, 0.3) is 11.7 Å². The zero-order chi connectivity index (χ0) is 23.7. The van der Waals surface area contributed by atoms with E-state index in [2.05, 4.69) is 18.8 Å². The predicted octanol–water partition coefficient (Wildman–Crippen LogP) is 5.44. The lowest BCUT2D eigenvalue weighted by Gasteiger charge is -2.25. The Morgan fingerprint density at radius 1 is 1.03 bits per heavy atom. The number of likely N-dealkylation sites (tertiary alicyclic amines) is 1. The Bertz CT molecular complexity index is 1230. The number of benzene rings is 2. The van der Waals surface area contributed by atoms with Gasteiger partial charge in [-0.25, -0.2) is 0 Å². The first kappa shape index (κ1) is 22.5. The van der Waals surface area contributed by atoms with Crippen LogP contribution in [0.15, 0.2) is 72.4 Å². The molecule has 2 heterocycles. The number of aromatic nitrogens is 1. The lowest BCUT2D eigenvalue weighted by Crippen LogP contribution is -2.29. The highest BCUT2D eigenvalue weighted by Gasteiger charge is 2.46. The van der Waals surface area contributed by atoms with E-state index < -0.39 is 17.7 Å². The summed E-state index contributed by atoms with van der Waals surface area (Å²) in [6.07, 6.45) is 1.66. The molecule has 1 atom stereocenters. The molecule has 0 spiro atoms. The van der Waals surface area contributed by atoms with Crippen molar-refractivity contribution in [3.05, 3.63) is 106 Å². The van der Waals surface area contributed by atoms with Gasteiger partial charge in [-0.15, -0.1) is 0 Å². The molecule has 168 valence electrons. The first-order valence-electron chi connectivity index (χ1n) is 11.1. The first-order valence-corrected chi connectivity index (χ1v) is 11.1. The second-order valence-corrected chi connectivity index (χ2v) is 8.89. The second kappa shape index (κ2) is 9.02. The summed E-state index contributed by atoms with van der Waals surface area (Å²) < 4.78 is 0. The van der Waals surface area contributed by atoms with Crippen molar-refractivity contribution in [3.63, 3.8) is 0 Å². The molecule has 1 aliphatic rings. The number of hydrogen-bond donors (Lipinski definition) is 1. The van der Waals surface area contributed by atoms with Gasteiger partial charge in [0.05, 0.1) is 23.9 Å². The normalized spacial score (nSPS) is 17.7. The molecular weight excluding hydrogens is 412 g/mol. The maximum absolute atomic E-state index is 13.2. The number of carbonyl (C=O) groups excluding carboxylic acids is 2. The molecule has 1 N–H and O–H groups in total. The summed E-state index contributed by atoms with van der Waals surface area (Å²) in [6, 6.07) is 18.4. The monoisotopic (exact) mass is 440 g/mol. The molecule has 0 saturated carbocycles. The zero-order valence-corrected chi connectivity index (χ0v) is 19.4. The van der Waals surface area contributed by atoms with E-state index in [1.165, 1.54) is 4.90 Å². The standard InChI is InChI=1S/C28H28N2O3/c1-17(2)20-10-12-21(13-11-20)25-24(26(31)23-15-18(3)8-9-19(23)4)27(32)28(33)30(25)16-22-7-5-6-14-29-22/h5-15,17,25,31H,16H2,1-4H3/b26-24+. The maximum Gasteiger partial charge on any atom is 0.296 e. The van der Waals surface area contributed by atoms with Crippen molar-refractivity contribution in [3.8, 4) is 0 Å². The summed E-state index contributed by atoms with van der Waals surface area (Å²) in [7, 11) is 0. The molecule has 0 radical (unpaired) electrons. The van der Waals surface area contributed by atoms with Gasteiger partial charge in [-0.1, -0.05) is 61.9 Å². The van der Waals surface area contributed by atoms with Gasteiger partial charge in [0.2, 0.25) is 0 Å². The maximum atomic E-state index is 13.2. The Morgan fingerprint density at radius 3 is 2.39 bits per heavy atom. The van der Waals surface area contributed by atoms with Gasteiger partial charge in [-0.05, 0) is 54.7 Å². The Balaban J connectivity index is 1.89. The molecule has 33 heavy (non-hydrogen) atoms. The van der Waals surface area contributed by atoms with Gasteiger partial charge in [0, 0.05) is 11.8 Å². The van der Waals surface area contributed by atoms with E-state index in [1.807, 2.05) is 68.4 Å². The van der Waals surface area contributed by atoms with Crippen LogP contribution >= 0.6 is 0 Å². The number of amides is 1. The lowest BCUT2D eigenvalue weighted by molar-refractivity contribution is -0.140. The van der Waals surface area contributed by atoms with Gasteiger partial charge in [-0.3, -0.25) is 14.6 Å². The molecule has 0 aliphatic carbocycles. The number of aryl methyl sites for hydroxylation is 2. The minimum absolute atomic E-state index is 0.113. The molecule has 0 bridgehead atoms. The molecule has 5 heteroatoms. The van der Waals surface area contributed by atoms with Gasteiger partial charge < -0.3 is 10.0 Å². The van der Waals surface area contributed by atoms with Crippen molar-refractivity contribution in [2.24, 2.45) is 0 Å². The molecule has 1 fully saturated rings. The third-order valence-electron chi connectivity index (χ3n) is 6.17. The lowest BCUT2D eigenvalue weighted by atomic mass is 9.92. The fourth-order valence-corrected chi connectivity index (χ4v) is 4.26. The summed E-state index contributed by atoms with van der Waals surface area (Å²) in [5.41, 5.74) is 5.09. The van der Waals surface area contributed by atoms with Gasteiger partial charge in [0.1, 0.15) is 5.76 Å². The van der Waals surface area contributed by atoms with E-state index in [4.69, 9.17) is 0 Å². The summed E-state index contributed by atoms with van der Waals surface area (Å²) >= 11 is 0. The topological polar surface area (TPSA) is 70.5 Å². The molecule has 1 amide bonds. The number of carbonyl (C=O) groups is 2. The van der Waals surface area contributed by atoms with Crippen LogP contribution in [0.1, 0.15) is 59.3 Å². The van der Waals surface area contributed by atoms with Gasteiger partial charge >= 0.3 is 0 Å².